The van der Waals surface area contributed by atoms with E-state index >= 15 is 0 Å². The fourth-order valence-electron chi connectivity index (χ4n) is 3.38. The Hall–Kier alpha value is -2.08. The Labute approximate surface area is 159 Å². The van der Waals surface area contributed by atoms with E-state index in [4.69, 9.17) is 23.2 Å². The first-order valence-corrected chi connectivity index (χ1v) is 9.02. The molecule has 134 valence electrons. The molecule has 3 aromatic rings. The van der Waals surface area contributed by atoms with Crippen LogP contribution in [0.5, 0.6) is 0 Å². The third-order valence-electron chi connectivity index (χ3n) is 4.61. The fourth-order valence-corrected chi connectivity index (χ4v) is 3.73. The van der Waals surface area contributed by atoms with Gasteiger partial charge in [-0.3, -0.25) is 9.69 Å². The number of para-hydroxylation sites is 1. The molecule has 0 atom stereocenters. The Bertz CT molecular complexity index is 1000. The van der Waals surface area contributed by atoms with Crippen molar-refractivity contribution >= 4 is 45.7 Å². The summed E-state index contributed by atoms with van der Waals surface area (Å²) < 4.78 is 13.7. The van der Waals surface area contributed by atoms with Crippen molar-refractivity contribution in [1.29, 1.82) is 0 Å². The van der Waals surface area contributed by atoms with Crippen LogP contribution in [-0.2, 0) is 17.8 Å². The number of halogens is 3. The highest BCUT2D eigenvalue weighted by Crippen LogP contribution is 2.31. The van der Waals surface area contributed by atoms with Crippen LogP contribution < -0.4 is 5.32 Å². The average Bonchev–Trinajstić information content (AvgIpc) is 2.94. The number of anilines is 1. The van der Waals surface area contributed by atoms with Crippen LogP contribution in [0.25, 0.3) is 10.9 Å². The van der Waals surface area contributed by atoms with Crippen LogP contribution in [0.3, 0.4) is 0 Å². The number of carbonyl (C=O) groups is 1. The molecule has 0 unspecified atom stereocenters. The Morgan fingerprint density at radius 2 is 2.04 bits per heavy atom. The molecule has 2 aromatic carbocycles. The Morgan fingerprint density at radius 1 is 1.23 bits per heavy atom. The number of aromatic amines is 1. The summed E-state index contributed by atoms with van der Waals surface area (Å²) in [7, 11) is 0. The molecule has 0 saturated heterocycles. The van der Waals surface area contributed by atoms with Gasteiger partial charge in [0.2, 0.25) is 5.91 Å². The molecule has 0 radical (unpaired) electrons. The number of amides is 1. The van der Waals surface area contributed by atoms with E-state index in [0.717, 1.165) is 35.1 Å². The zero-order valence-electron chi connectivity index (χ0n) is 13.8. The van der Waals surface area contributed by atoms with E-state index in [1.54, 1.807) is 18.2 Å². The summed E-state index contributed by atoms with van der Waals surface area (Å²) in [5.74, 6) is -0.555. The molecule has 1 amide bonds. The minimum atomic E-state index is -0.436. The number of nitrogens with one attached hydrogen (secondary N) is 2. The van der Waals surface area contributed by atoms with Crippen molar-refractivity contribution < 1.29 is 9.18 Å². The first-order chi connectivity index (χ1) is 12.5. The highest BCUT2D eigenvalue weighted by molar-refractivity contribution is 6.33. The van der Waals surface area contributed by atoms with E-state index in [1.807, 2.05) is 17.0 Å². The van der Waals surface area contributed by atoms with Crippen LogP contribution >= 0.6 is 23.2 Å². The molecule has 0 spiro atoms. The van der Waals surface area contributed by atoms with Crippen LogP contribution in [0.15, 0.2) is 36.4 Å². The zero-order valence-corrected chi connectivity index (χ0v) is 15.3. The SMILES string of the molecule is O=C(CN1CCc2c([nH]c3cc(F)c(Cl)cc23)C1)Nc1ccccc1Cl. The van der Waals surface area contributed by atoms with E-state index in [1.165, 1.54) is 6.07 Å². The highest BCUT2D eigenvalue weighted by Gasteiger charge is 2.23. The van der Waals surface area contributed by atoms with Crippen molar-refractivity contribution in [3.05, 3.63) is 63.5 Å². The number of benzene rings is 2. The summed E-state index contributed by atoms with van der Waals surface area (Å²) >= 11 is 12.0. The molecule has 4 rings (SSSR count). The van der Waals surface area contributed by atoms with Gasteiger partial charge in [-0.1, -0.05) is 35.3 Å². The van der Waals surface area contributed by atoms with Crippen molar-refractivity contribution in [2.45, 2.75) is 13.0 Å². The van der Waals surface area contributed by atoms with Gasteiger partial charge in [0, 0.05) is 29.7 Å². The fraction of sp³-hybridized carbons (Fsp3) is 0.211. The Balaban J connectivity index is 1.48. The number of hydrogen-bond acceptors (Lipinski definition) is 2. The Kier molecular flexibility index (Phi) is 4.61. The zero-order chi connectivity index (χ0) is 18.3. The second-order valence-corrected chi connectivity index (χ2v) is 7.20. The van der Waals surface area contributed by atoms with Crippen LogP contribution in [0, 0.1) is 5.82 Å². The second kappa shape index (κ2) is 6.91. The molecule has 0 aliphatic carbocycles. The van der Waals surface area contributed by atoms with Crippen LogP contribution in [0.4, 0.5) is 10.1 Å². The van der Waals surface area contributed by atoms with Gasteiger partial charge in [0.15, 0.2) is 0 Å². The summed E-state index contributed by atoms with van der Waals surface area (Å²) in [5, 5.41) is 4.42. The van der Waals surface area contributed by atoms with Gasteiger partial charge in [0.25, 0.3) is 0 Å². The number of fused-ring (bicyclic) bond motifs is 3. The lowest BCUT2D eigenvalue weighted by molar-refractivity contribution is -0.117. The van der Waals surface area contributed by atoms with Gasteiger partial charge in [-0.2, -0.15) is 0 Å². The maximum absolute atomic E-state index is 13.7. The van der Waals surface area contributed by atoms with Gasteiger partial charge in [0.05, 0.1) is 22.3 Å². The molecular formula is C19H16Cl2FN3O. The molecule has 0 bridgehead atoms. The minimum Gasteiger partial charge on any atom is -0.357 e. The highest BCUT2D eigenvalue weighted by atomic mass is 35.5. The summed E-state index contributed by atoms with van der Waals surface area (Å²) in [4.78, 5) is 17.6. The number of hydrogen-bond donors (Lipinski definition) is 2. The van der Waals surface area contributed by atoms with E-state index in [2.05, 4.69) is 10.3 Å². The van der Waals surface area contributed by atoms with Crippen molar-refractivity contribution in [3.8, 4) is 0 Å². The lowest BCUT2D eigenvalue weighted by atomic mass is 10.0. The summed E-state index contributed by atoms with van der Waals surface area (Å²) in [6.45, 7) is 1.60. The van der Waals surface area contributed by atoms with E-state index in [0.29, 0.717) is 17.3 Å². The van der Waals surface area contributed by atoms with Gasteiger partial charge >= 0.3 is 0 Å². The normalized spacial score (nSPS) is 14.4. The third-order valence-corrected chi connectivity index (χ3v) is 5.23. The second-order valence-electron chi connectivity index (χ2n) is 6.38. The molecule has 7 heteroatoms. The van der Waals surface area contributed by atoms with Crippen LogP contribution in [0.1, 0.15) is 11.3 Å². The smallest absolute Gasteiger partial charge is 0.238 e. The lowest BCUT2D eigenvalue weighted by Gasteiger charge is -2.26. The number of aromatic nitrogens is 1. The van der Waals surface area contributed by atoms with E-state index in [9.17, 15) is 9.18 Å². The van der Waals surface area contributed by atoms with Crippen molar-refractivity contribution in [2.75, 3.05) is 18.4 Å². The molecule has 1 aromatic heterocycles. The largest absolute Gasteiger partial charge is 0.357 e. The number of H-pyrrole nitrogens is 1. The summed E-state index contributed by atoms with van der Waals surface area (Å²) in [6, 6.07) is 10.2. The maximum atomic E-state index is 13.7. The Morgan fingerprint density at radius 3 is 2.85 bits per heavy atom. The predicted molar refractivity (Wildman–Crippen MR) is 102 cm³/mol. The molecule has 1 aliphatic heterocycles. The van der Waals surface area contributed by atoms with Gasteiger partial charge in [-0.25, -0.2) is 4.39 Å². The average molecular weight is 392 g/mol. The number of nitrogens with zero attached hydrogens (tertiary/aromatic N) is 1. The van der Waals surface area contributed by atoms with Gasteiger partial charge in [-0.05, 0) is 36.2 Å². The molecule has 1 aliphatic rings. The minimum absolute atomic E-state index is 0.119. The third kappa shape index (κ3) is 3.30. The topological polar surface area (TPSA) is 48.1 Å². The van der Waals surface area contributed by atoms with Gasteiger partial charge in [-0.15, -0.1) is 0 Å². The first kappa shape index (κ1) is 17.3. The van der Waals surface area contributed by atoms with Crippen LogP contribution in [-0.4, -0.2) is 28.9 Å². The van der Waals surface area contributed by atoms with Gasteiger partial charge in [0.1, 0.15) is 5.82 Å². The van der Waals surface area contributed by atoms with Crippen molar-refractivity contribution in [2.24, 2.45) is 0 Å². The van der Waals surface area contributed by atoms with Crippen molar-refractivity contribution in [3.63, 3.8) is 0 Å². The summed E-state index contributed by atoms with van der Waals surface area (Å²) in [5.41, 5.74) is 3.48. The molecule has 2 heterocycles. The number of carbonyl (C=O) groups excluding carboxylic acids is 1. The maximum Gasteiger partial charge on any atom is 0.238 e. The molecule has 26 heavy (non-hydrogen) atoms. The molecule has 0 fully saturated rings. The standard InChI is InChI=1S/C19H16Cl2FN3O/c20-13-3-1-2-4-16(13)24-19(26)10-25-6-5-11-12-7-14(21)15(22)8-17(12)23-18(11)9-25/h1-4,7-8,23H,5-6,9-10H2,(H,24,26). The molecule has 2 N–H and O–H groups in total. The summed E-state index contributed by atoms with van der Waals surface area (Å²) in [6.07, 6.45) is 0.774. The van der Waals surface area contributed by atoms with Crippen molar-refractivity contribution in [1.82, 2.24) is 9.88 Å². The van der Waals surface area contributed by atoms with E-state index in [-0.39, 0.29) is 17.5 Å². The first-order valence-electron chi connectivity index (χ1n) is 8.26. The predicted octanol–water partition coefficient (Wildman–Crippen LogP) is 4.61. The monoisotopic (exact) mass is 391 g/mol. The van der Waals surface area contributed by atoms with E-state index < -0.39 is 5.82 Å². The molecule has 4 nitrogen and oxygen atoms in total. The number of rotatable bonds is 3. The van der Waals surface area contributed by atoms with Gasteiger partial charge < -0.3 is 10.3 Å². The van der Waals surface area contributed by atoms with Crippen LogP contribution in [0.2, 0.25) is 10.0 Å². The molecular weight excluding hydrogens is 376 g/mol. The lowest BCUT2D eigenvalue weighted by Crippen LogP contribution is -2.37. The quantitative estimate of drug-likeness (QED) is 0.684. The molecule has 0 saturated carbocycles.